The van der Waals surface area contributed by atoms with Gasteiger partial charge >= 0.3 is 0 Å². The van der Waals surface area contributed by atoms with Gasteiger partial charge in [0.25, 0.3) is 0 Å². The van der Waals surface area contributed by atoms with E-state index in [-0.39, 0.29) is 24.9 Å². The number of rotatable bonds is 7. The van der Waals surface area contributed by atoms with E-state index < -0.39 is 0 Å². The predicted octanol–water partition coefficient (Wildman–Crippen LogP) is 3.36. The van der Waals surface area contributed by atoms with Crippen LogP contribution in [0.3, 0.4) is 0 Å². The topological polar surface area (TPSA) is 70.7 Å². The second-order valence-electron chi connectivity index (χ2n) is 6.56. The van der Waals surface area contributed by atoms with Crippen molar-refractivity contribution in [3.05, 3.63) is 66.7 Å². The molecule has 144 valence electrons. The monoisotopic (exact) mass is 377 g/mol. The Morgan fingerprint density at radius 1 is 0.821 bits per heavy atom. The molecule has 0 fully saturated rings. The van der Waals surface area contributed by atoms with Crippen molar-refractivity contribution >= 4 is 34.0 Å². The lowest BCUT2D eigenvalue weighted by atomic mass is 10.1. The molecule has 0 aliphatic carbocycles. The summed E-state index contributed by atoms with van der Waals surface area (Å²) in [5, 5.41) is 7.85. The summed E-state index contributed by atoms with van der Waals surface area (Å²) in [5.74, 6) is 0.363. The Morgan fingerprint density at radius 2 is 1.39 bits per heavy atom. The van der Waals surface area contributed by atoms with Crippen molar-refractivity contribution in [2.24, 2.45) is 0 Å². The van der Waals surface area contributed by atoms with Gasteiger partial charge in [0.05, 0.1) is 20.2 Å². The Bertz CT molecular complexity index is 970. The highest BCUT2D eigenvalue weighted by atomic mass is 16.5. The quantitative estimate of drug-likeness (QED) is 0.662. The third kappa shape index (κ3) is 5.31. The Labute approximate surface area is 164 Å². The summed E-state index contributed by atoms with van der Waals surface area (Å²) in [7, 11) is 3.32. The molecule has 6 nitrogen and oxygen atoms in total. The van der Waals surface area contributed by atoms with Crippen molar-refractivity contribution in [2.45, 2.75) is 0 Å². The lowest BCUT2D eigenvalue weighted by Crippen LogP contribution is -2.36. The number of carbonyl (C=O) groups is 2. The van der Waals surface area contributed by atoms with Crippen molar-refractivity contribution in [3.63, 3.8) is 0 Å². The van der Waals surface area contributed by atoms with Crippen LogP contribution in [0.15, 0.2) is 66.7 Å². The van der Waals surface area contributed by atoms with Crippen molar-refractivity contribution < 1.29 is 14.3 Å². The highest BCUT2D eigenvalue weighted by Gasteiger charge is 2.11. The van der Waals surface area contributed by atoms with Gasteiger partial charge in [0.1, 0.15) is 5.75 Å². The summed E-state index contributed by atoms with van der Waals surface area (Å²) < 4.78 is 5.09. The molecule has 0 saturated heterocycles. The number of methoxy groups -OCH3 is 1. The van der Waals surface area contributed by atoms with E-state index in [1.54, 1.807) is 43.3 Å². The summed E-state index contributed by atoms with van der Waals surface area (Å²) in [4.78, 5) is 26.1. The zero-order chi connectivity index (χ0) is 19.9. The Morgan fingerprint density at radius 3 is 2.04 bits per heavy atom. The number of amides is 2. The fraction of sp³-hybridized carbons (Fsp3) is 0.182. The molecular formula is C22H23N3O3. The molecule has 2 N–H and O–H groups in total. The first kappa shape index (κ1) is 19.4. The zero-order valence-corrected chi connectivity index (χ0v) is 15.9. The van der Waals surface area contributed by atoms with E-state index in [1.807, 2.05) is 42.5 Å². The second-order valence-corrected chi connectivity index (χ2v) is 6.56. The fourth-order valence-corrected chi connectivity index (χ4v) is 2.89. The average Bonchev–Trinajstić information content (AvgIpc) is 2.68. The first-order valence-electron chi connectivity index (χ1n) is 8.94. The third-order valence-corrected chi connectivity index (χ3v) is 4.23. The van der Waals surface area contributed by atoms with Crippen LogP contribution < -0.4 is 15.4 Å². The summed E-state index contributed by atoms with van der Waals surface area (Å²) in [6.07, 6.45) is 0. The minimum atomic E-state index is -0.189. The molecular weight excluding hydrogens is 354 g/mol. The van der Waals surface area contributed by atoms with Crippen molar-refractivity contribution in [2.75, 3.05) is 37.9 Å². The van der Waals surface area contributed by atoms with Crippen molar-refractivity contribution in [1.82, 2.24) is 4.90 Å². The van der Waals surface area contributed by atoms with Crippen LogP contribution in [0, 0.1) is 0 Å². The van der Waals surface area contributed by atoms with Crippen LogP contribution in [0.5, 0.6) is 5.75 Å². The van der Waals surface area contributed by atoms with Crippen LogP contribution in [0.1, 0.15) is 0 Å². The average molecular weight is 377 g/mol. The van der Waals surface area contributed by atoms with Crippen LogP contribution in [-0.4, -0.2) is 44.0 Å². The van der Waals surface area contributed by atoms with Gasteiger partial charge in [-0.15, -0.1) is 0 Å². The highest BCUT2D eigenvalue weighted by Crippen LogP contribution is 2.19. The van der Waals surface area contributed by atoms with Gasteiger partial charge in [-0.1, -0.05) is 30.3 Å². The number of likely N-dealkylation sites (N-methyl/N-ethyl adjacent to an activating group) is 1. The van der Waals surface area contributed by atoms with E-state index in [4.69, 9.17) is 4.74 Å². The molecule has 0 saturated carbocycles. The van der Waals surface area contributed by atoms with E-state index in [9.17, 15) is 9.59 Å². The number of anilines is 2. The molecule has 0 aromatic heterocycles. The number of hydrogen-bond acceptors (Lipinski definition) is 4. The number of fused-ring (bicyclic) bond motifs is 1. The molecule has 6 heteroatoms. The number of hydrogen-bond donors (Lipinski definition) is 2. The van der Waals surface area contributed by atoms with Gasteiger partial charge in [0, 0.05) is 11.4 Å². The van der Waals surface area contributed by atoms with Gasteiger partial charge in [-0.05, 0) is 54.2 Å². The predicted molar refractivity (Wildman–Crippen MR) is 112 cm³/mol. The third-order valence-electron chi connectivity index (χ3n) is 4.23. The minimum Gasteiger partial charge on any atom is -0.497 e. The number of benzene rings is 3. The second kappa shape index (κ2) is 9.01. The van der Waals surface area contributed by atoms with E-state index in [1.165, 1.54) is 0 Å². The molecule has 3 aromatic carbocycles. The van der Waals surface area contributed by atoms with Gasteiger partial charge in [-0.3, -0.25) is 14.5 Å². The SMILES string of the molecule is COc1ccc(NC(=O)CN(C)CC(=O)Nc2ccc3ccccc3c2)cc1. The zero-order valence-electron chi connectivity index (χ0n) is 15.9. The lowest BCUT2D eigenvalue weighted by Gasteiger charge is -2.16. The van der Waals surface area contributed by atoms with Crippen molar-refractivity contribution in [1.29, 1.82) is 0 Å². The van der Waals surface area contributed by atoms with E-state index >= 15 is 0 Å². The standard InChI is InChI=1S/C22H23N3O3/c1-25(14-21(26)23-18-9-11-20(28-2)12-10-18)15-22(27)24-19-8-7-16-5-3-4-6-17(16)13-19/h3-13H,14-15H2,1-2H3,(H,23,26)(H,24,27). The van der Waals surface area contributed by atoms with E-state index in [0.717, 1.165) is 22.2 Å². The Hall–Kier alpha value is -3.38. The molecule has 0 aliphatic rings. The maximum absolute atomic E-state index is 12.3. The molecule has 3 rings (SSSR count). The lowest BCUT2D eigenvalue weighted by molar-refractivity contribution is -0.119. The maximum Gasteiger partial charge on any atom is 0.238 e. The van der Waals surface area contributed by atoms with Crippen LogP contribution in [0.25, 0.3) is 10.8 Å². The maximum atomic E-state index is 12.3. The van der Waals surface area contributed by atoms with Crippen molar-refractivity contribution in [3.8, 4) is 5.75 Å². The number of nitrogens with zero attached hydrogens (tertiary/aromatic N) is 1. The molecule has 0 bridgehead atoms. The van der Waals surface area contributed by atoms with Gasteiger partial charge in [-0.25, -0.2) is 0 Å². The van der Waals surface area contributed by atoms with Crippen LogP contribution in [-0.2, 0) is 9.59 Å². The van der Waals surface area contributed by atoms with Gasteiger partial charge in [0.2, 0.25) is 11.8 Å². The minimum absolute atomic E-state index is 0.108. The van der Waals surface area contributed by atoms with Gasteiger partial charge < -0.3 is 15.4 Å². The largest absolute Gasteiger partial charge is 0.497 e. The molecule has 3 aromatic rings. The molecule has 0 atom stereocenters. The van der Waals surface area contributed by atoms with Crippen LogP contribution in [0.2, 0.25) is 0 Å². The van der Waals surface area contributed by atoms with Crippen LogP contribution in [0.4, 0.5) is 11.4 Å². The number of ether oxygens (including phenoxy) is 1. The smallest absolute Gasteiger partial charge is 0.238 e. The number of carbonyl (C=O) groups excluding carboxylic acids is 2. The van der Waals surface area contributed by atoms with Gasteiger partial charge in [-0.2, -0.15) is 0 Å². The van der Waals surface area contributed by atoms with E-state index in [2.05, 4.69) is 10.6 Å². The molecule has 0 spiro atoms. The molecule has 0 radical (unpaired) electrons. The van der Waals surface area contributed by atoms with E-state index in [0.29, 0.717) is 5.69 Å². The normalized spacial score (nSPS) is 10.7. The van der Waals surface area contributed by atoms with Gasteiger partial charge in [0.15, 0.2) is 0 Å². The molecule has 28 heavy (non-hydrogen) atoms. The highest BCUT2D eigenvalue weighted by molar-refractivity contribution is 5.96. The first-order chi connectivity index (χ1) is 13.5. The summed E-state index contributed by atoms with van der Waals surface area (Å²) in [6, 6.07) is 20.8. The Kier molecular flexibility index (Phi) is 6.24. The number of nitrogens with one attached hydrogen (secondary N) is 2. The molecule has 0 unspecified atom stereocenters. The molecule has 0 heterocycles. The Balaban J connectivity index is 1.49. The molecule has 0 aliphatic heterocycles. The fourth-order valence-electron chi connectivity index (χ4n) is 2.89. The summed E-state index contributed by atoms with van der Waals surface area (Å²) in [6.45, 7) is 0.222. The van der Waals surface area contributed by atoms with Crippen LogP contribution >= 0.6 is 0 Å². The summed E-state index contributed by atoms with van der Waals surface area (Å²) >= 11 is 0. The molecule has 2 amide bonds. The first-order valence-corrected chi connectivity index (χ1v) is 8.94. The summed E-state index contributed by atoms with van der Waals surface area (Å²) in [5.41, 5.74) is 1.42.